The predicted octanol–water partition coefficient (Wildman–Crippen LogP) is 4.94. The molecule has 3 nitrogen and oxygen atoms in total. The Morgan fingerprint density at radius 1 is 0.852 bits per heavy atom. The van der Waals surface area contributed by atoms with Crippen LogP contribution in [0.3, 0.4) is 0 Å². The van der Waals surface area contributed by atoms with Gasteiger partial charge in [-0.25, -0.2) is 0 Å². The van der Waals surface area contributed by atoms with Gasteiger partial charge >= 0.3 is 6.18 Å². The van der Waals surface area contributed by atoms with Crippen LogP contribution in [-0.4, -0.2) is 11.6 Å². The van der Waals surface area contributed by atoms with Crippen molar-refractivity contribution >= 4 is 11.6 Å². The zero-order chi connectivity index (χ0) is 20.5. The summed E-state index contributed by atoms with van der Waals surface area (Å²) < 4.78 is 38.6. The van der Waals surface area contributed by atoms with Crippen molar-refractivity contribution in [2.75, 3.05) is 0 Å². The molecule has 6 heteroatoms. The lowest BCUT2D eigenvalue weighted by molar-refractivity contribution is -0.137. The van der Waals surface area contributed by atoms with Gasteiger partial charge in [0.25, 0.3) is 0 Å². The van der Waals surface area contributed by atoms with Crippen molar-refractivity contribution in [3.05, 3.63) is 71.3 Å². The molecule has 0 aromatic heterocycles. The summed E-state index contributed by atoms with van der Waals surface area (Å²) in [5, 5.41) is 0. The Bertz CT molecular complexity index is 834. The first-order chi connectivity index (χ1) is 12.4. The van der Waals surface area contributed by atoms with Gasteiger partial charge in [-0.15, -0.1) is 0 Å². The number of nitrogens with two attached hydrogens (primary N) is 1. The normalized spacial score (nSPS) is 15.3. The molecule has 0 saturated heterocycles. The maximum Gasteiger partial charge on any atom is 0.416 e. The maximum atomic E-state index is 12.9. The molecule has 2 aromatic carbocycles. The van der Waals surface area contributed by atoms with E-state index in [2.05, 4.69) is 4.99 Å². The highest BCUT2D eigenvalue weighted by atomic mass is 19.4. The number of hydrogen-bond donors (Lipinski definition) is 1. The third kappa shape index (κ3) is 4.56. The topological polar surface area (TPSA) is 55.4 Å². The van der Waals surface area contributed by atoms with E-state index in [1.54, 1.807) is 31.2 Å². The van der Waals surface area contributed by atoms with E-state index in [1.807, 2.05) is 26.8 Å². The fourth-order valence-electron chi connectivity index (χ4n) is 2.73. The van der Waals surface area contributed by atoms with Gasteiger partial charge in [-0.2, -0.15) is 13.2 Å². The molecule has 144 valence electrons. The number of carbonyl (C=O) groups is 1. The van der Waals surface area contributed by atoms with E-state index in [0.717, 1.165) is 12.1 Å². The highest BCUT2D eigenvalue weighted by Gasteiger charge is 2.36. The summed E-state index contributed by atoms with van der Waals surface area (Å²) in [5.74, 6) is -0.637. The average Bonchev–Trinajstić information content (AvgIpc) is 2.58. The van der Waals surface area contributed by atoms with Gasteiger partial charge in [0.2, 0.25) is 5.91 Å². The Labute approximate surface area is 157 Å². The third-order valence-corrected chi connectivity index (χ3v) is 4.35. The highest BCUT2D eigenvalue weighted by Crippen LogP contribution is 2.33. The lowest BCUT2D eigenvalue weighted by atomic mass is 9.83. The quantitative estimate of drug-likeness (QED) is 0.755. The van der Waals surface area contributed by atoms with Crippen molar-refractivity contribution in [1.82, 2.24) is 0 Å². The molecule has 2 aromatic rings. The predicted molar refractivity (Wildman–Crippen MR) is 100 cm³/mol. The summed E-state index contributed by atoms with van der Waals surface area (Å²) in [7, 11) is 0. The lowest BCUT2D eigenvalue weighted by Gasteiger charge is -2.29. The third-order valence-electron chi connectivity index (χ3n) is 4.35. The summed E-state index contributed by atoms with van der Waals surface area (Å²) in [4.78, 5) is 16.9. The van der Waals surface area contributed by atoms with Crippen LogP contribution in [0, 0.1) is 5.41 Å². The minimum Gasteiger partial charge on any atom is -0.367 e. The molecule has 0 bridgehead atoms. The van der Waals surface area contributed by atoms with Gasteiger partial charge < -0.3 is 5.73 Å². The molecule has 2 N–H and O–H groups in total. The standard InChI is InChI=1S/C21H23F3N2O/c1-19(2,3)17(14-10-12-16(13-11-14)21(22,23)24)26-20(4,18(25)27)15-8-6-5-7-9-15/h5-13H,1-4H3,(H2,25,27). The van der Waals surface area contributed by atoms with E-state index in [4.69, 9.17) is 5.73 Å². The number of benzene rings is 2. The summed E-state index contributed by atoms with van der Waals surface area (Å²) in [6, 6.07) is 13.7. The van der Waals surface area contributed by atoms with E-state index in [-0.39, 0.29) is 0 Å². The maximum absolute atomic E-state index is 12.9. The van der Waals surface area contributed by atoms with Gasteiger partial charge in [0.05, 0.1) is 5.56 Å². The number of carbonyl (C=O) groups excluding carboxylic acids is 1. The van der Waals surface area contributed by atoms with Gasteiger partial charge in [-0.3, -0.25) is 9.79 Å². The largest absolute Gasteiger partial charge is 0.416 e. The first kappa shape index (κ1) is 20.7. The van der Waals surface area contributed by atoms with Crippen LogP contribution in [0.15, 0.2) is 59.6 Å². The fraction of sp³-hybridized carbons (Fsp3) is 0.333. The van der Waals surface area contributed by atoms with Crippen LogP contribution < -0.4 is 5.73 Å². The van der Waals surface area contributed by atoms with E-state index in [9.17, 15) is 18.0 Å². The number of primary amides is 1. The smallest absolute Gasteiger partial charge is 0.367 e. The van der Waals surface area contributed by atoms with Crippen molar-refractivity contribution < 1.29 is 18.0 Å². The summed E-state index contributed by atoms with van der Waals surface area (Å²) in [5.41, 5.74) is 4.69. The monoisotopic (exact) mass is 376 g/mol. The number of nitrogens with zero attached hydrogens (tertiary/aromatic N) is 1. The Hall–Kier alpha value is -2.63. The van der Waals surface area contributed by atoms with Crippen LogP contribution in [0.5, 0.6) is 0 Å². The van der Waals surface area contributed by atoms with Gasteiger partial charge in [-0.1, -0.05) is 63.2 Å². The number of hydrogen-bond acceptors (Lipinski definition) is 2. The molecule has 0 heterocycles. The fourth-order valence-corrected chi connectivity index (χ4v) is 2.73. The van der Waals surface area contributed by atoms with Crippen LogP contribution in [0.25, 0.3) is 0 Å². The van der Waals surface area contributed by atoms with E-state index in [0.29, 0.717) is 16.8 Å². The molecule has 2 rings (SSSR count). The number of rotatable bonds is 4. The molecule has 0 aliphatic heterocycles. The first-order valence-electron chi connectivity index (χ1n) is 8.49. The Morgan fingerprint density at radius 3 is 1.78 bits per heavy atom. The highest BCUT2D eigenvalue weighted by molar-refractivity contribution is 6.06. The van der Waals surface area contributed by atoms with Crippen molar-refractivity contribution in [2.24, 2.45) is 16.1 Å². The van der Waals surface area contributed by atoms with Gasteiger partial charge in [0.1, 0.15) is 0 Å². The molecule has 1 unspecified atom stereocenters. The number of halogens is 3. The zero-order valence-corrected chi connectivity index (χ0v) is 15.8. The molecular weight excluding hydrogens is 353 g/mol. The van der Waals surface area contributed by atoms with E-state index < -0.39 is 28.6 Å². The number of amides is 1. The van der Waals surface area contributed by atoms with Crippen molar-refractivity contribution in [3.8, 4) is 0 Å². The minimum atomic E-state index is -4.41. The SMILES string of the molecule is CC(C)(C)C(=NC(C)(C(N)=O)c1ccccc1)c1ccc(C(F)(F)F)cc1. The van der Waals surface area contributed by atoms with Gasteiger partial charge in [0.15, 0.2) is 5.54 Å². The molecule has 27 heavy (non-hydrogen) atoms. The summed E-state index contributed by atoms with van der Waals surface area (Å²) >= 11 is 0. The summed E-state index contributed by atoms with van der Waals surface area (Å²) in [6.07, 6.45) is -4.41. The van der Waals surface area contributed by atoms with Gasteiger partial charge in [0, 0.05) is 11.1 Å². The van der Waals surface area contributed by atoms with E-state index >= 15 is 0 Å². The minimum absolute atomic E-state index is 0.501. The Balaban J connectivity index is 2.64. The van der Waals surface area contributed by atoms with E-state index in [1.165, 1.54) is 12.1 Å². The van der Waals surface area contributed by atoms with Crippen LogP contribution in [0.4, 0.5) is 13.2 Å². The second kappa shape index (κ2) is 7.18. The first-order valence-corrected chi connectivity index (χ1v) is 8.49. The molecular formula is C21H23F3N2O. The van der Waals surface area contributed by atoms with Crippen molar-refractivity contribution in [2.45, 2.75) is 39.4 Å². The molecule has 0 fully saturated rings. The lowest BCUT2D eigenvalue weighted by Crippen LogP contribution is -2.39. The van der Waals surface area contributed by atoms with Crippen molar-refractivity contribution in [1.29, 1.82) is 0 Å². The zero-order valence-electron chi connectivity index (χ0n) is 15.8. The average molecular weight is 376 g/mol. The Morgan fingerprint density at radius 2 is 1.37 bits per heavy atom. The molecule has 0 spiro atoms. The molecule has 0 saturated carbocycles. The molecule has 0 radical (unpaired) electrons. The number of alkyl halides is 3. The van der Waals surface area contributed by atoms with Crippen LogP contribution >= 0.6 is 0 Å². The Kier molecular flexibility index (Phi) is 5.50. The molecule has 0 aliphatic rings. The van der Waals surface area contributed by atoms with Crippen molar-refractivity contribution in [3.63, 3.8) is 0 Å². The molecule has 1 amide bonds. The number of aliphatic imine (C=N–C) groups is 1. The second-order valence-electron chi connectivity index (χ2n) is 7.59. The molecule has 1 atom stereocenters. The van der Waals surface area contributed by atoms with Crippen LogP contribution in [0.2, 0.25) is 0 Å². The van der Waals surface area contributed by atoms with Gasteiger partial charge in [-0.05, 0) is 30.2 Å². The molecule has 0 aliphatic carbocycles. The van der Waals surface area contributed by atoms with Crippen LogP contribution in [-0.2, 0) is 16.5 Å². The van der Waals surface area contributed by atoms with Crippen LogP contribution in [0.1, 0.15) is 44.4 Å². The summed E-state index contributed by atoms with van der Waals surface area (Å²) in [6.45, 7) is 7.27. The second-order valence-corrected chi connectivity index (χ2v) is 7.59.